The van der Waals surface area contributed by atoms with Crippen LogP contribution in [0.15, 0.2) is 18.2 Å². The van der Waals surface area contributed by atoms with Crippen molar-refractivity contribution in [2.45, 2.75) is 25.3 Å². The van der Waals surface area contributed by atoms with Gasteiger partial charge < -0.3 is 15.0 Å². The summed E-state index contributed by atoms with van der Waals surface area (Å²) in [5.74, 6) is 1.07. The average molecular weight is 232 g/mol. The zero-order chi connectivity index (χ0) is 11.7. The summed E-state index contributed by atoms with van der Waals surface area (Å²) in [6, 6.07) is 7.32. The maximum absolute atomic E-state index is 5.52. The molecule has 2 aliphatic rings. The quantitative estimate of drug-likeness (QED) is 0.838. The number of rotatable bonds is 5. The molecule has 3 nitrogen and oxygen atoms in total. The van der Waals surface area contributed by atoms with E-state index in [1.807, 2.05) is 0 Å². The number of nitrogens with one attached hydrogen (secondary N) is 1. The van der Waals surface area contributed by atoms with Crippen molar-refractivity contribution in [3.63, 3.8) is 0 Å². The number of benzene rings is 1. The average Bonchev–Trinajstić information content (AvgIpc) is 3.04. The Morgan fingerprint density at radius 3 is 3.12 bits per heavy atom. The van der Waals surface area contributed by atoms with Crippen LogP contribution in [0.5, 0.6) is 5.75 Å². The van der Waals surface area contributed by atoms with Crippen molar-refractivity contribution in [1.29, 1.82) is 0 Å². The van der Waals surface area contributed by atoms with Gasteiger partial charge in [0.2, 0.25) is 0 Å². The van der Waals surface area contributed by atoms with Gasteiger partial charge in [0.05, 0.1) is 6.61 Å². The van der Waals surface area contributed by atoms with Gasteiger partial charge in [-0.25, -0.2) is 0 Å². The molecule has 0 saturated heterocycles. The molecule has 1 aliphatic carbocycles. The number of fused-ring (bicyclic) bond motifs is 1. The minimum atomic E-state index is 0.803. The van der Waals surface area contributed by atoms with Gasteiger partial charge in [-0.2, -0.15) is 0 Å². The Bertz CT molecular complexity index is 401. The van der Waals surface area contributed by atoms with Crippen molar-refractivity contribution in [2.75, 3.05) is 31.6 Å². The molecule has 92 valence electrons. The van der Waals surface area contributed by atoms with Gasteiger partial charge in [-0.3, -0.25) is 0 Å². The molecule has 1 fully saturated rings. The van der Waals surface area contributed by atoms with Crippen molar-refractivity contribution < 1.29 is 4.74 Å². The van der Waals surface area contributed by atoms with Gasteiger partial charge in [0.25, 0.3) is 0 Å². The van der Waals surface area contributed by atoms with E-state index in [0.717, 1.165) is 37.9 Å². The summed E-state index contributed by atoms with van der Waals surface area (Å²) in [5.41, 5.74) is 2.65. The smallest absolute Gasteiger partial charge is 0.122 e. The SMILES string of the molecule is CN(CCNC1CC1)c1ccc2c(c1)CCO2. The minimum Gasteiger partial charge on any atom is -0.493 e. The monoisotopic (exact) mass is 232 g/mol. The highest BCUT2D eigenvalue weighted by Gasteiger charge is 2.20. The lowest BCUT2D eigenvalue weighted by molar-refractivity contribution is 0.357. The third-order valence-electron chi connectivity index (χ3n) is 3.57. The van der Waals surface area contributed by atoms with Crippen LogP contribution in [0.2, 0.25) is 0 Å². The van der Waals surface area contributed by atoms with Crippen LogP contribution in [-0.2, 0) is 6.42 Å². The molecular formula is C14H20N2O. The number of hydrogen-bond acceptors (Lipinski definition) is 3. The Morgan fingerprint density at radius 1 is 1.41 bits per heavy atom. The van der Waals surface area contributed by atoms with E-state index in [1.54, 1.807) is 0 Å². The fourth-order valence-electron chi connectivity index (χ4n) is 2.26. The molecule has 3 rings (SSSR count). The highest BCUT2D eigenvalue weighted by Crippen LogP contribution is 2.29. The number of ether oxygens (including phenoxy) is 1. The molecule has 1 N–H and O–H groups in total. The molecule has 1 saturated carbocycles. The van der Waals surface area contributed by atoms with Crippen LogP contribution in [0.4, 0.5) is 5.69 Å². The van der Waals surface area contributed by atoms with Gasteiger partial charge in [-0.05, 0) is 36.6 Å². The predicted octanol–water partition coefficient (Wildman–Crippen LogP) is 1.81. The van der Waals surface area contributed by atoms with E-state index >= 15 is 0 Å². The van der Waals surface area contributed by atoms with Gasteiger partial charge in [0, 0.05) is 38.3 Å². The van der Waals surface area contributed by atoms with E-state index in [0.29, 0.717) is 0 Å². The molecule has 0 unspecified atom stereocenters. The Hall–Kier alpha value is -1.22. The molecule has 1 aromatic rings. The summed E-state index contributed by atoms with van der Waals surface area (Å²) in [6.07, 6.45) is 3.77. The first kappa shape index (κ1) is 10.9. The van der Waals surface area contributed by atoms with Crippen molar-refractivity contribution in [3.8, 4) is 5.75 Å². The summed E-state index contributed by atoms with van der Waals surface area (Å²) in [6.45, 7) is 2.98. The first-order valence-corrected chi connectivity index (χ1v) is 6.53. The number of hydrogen-bond donors (Lipinski definition) is 1. The van der Waals surface area contributed by atoms with Crippen LogP contribution in [0.25, 0.3) is 0 Å². The normalized spacial score (nSPS) is 17.7. The maximum Gasteiger partial charge on any atom is 0.122 e. The molecule has 0 aromatic heterocycles. The maximum atomic E-state index is 5.52. The Labute approximate surface area is 103 Å². The van der Waals surface area contributed by atoms with E-state index in [-0.39, 0.29) is 0 Å². The second-order valence-electron chi connectivity index (χ2n) is 5.04. The third kappa shape index (κ3) is 2.55. The number of nitrogens with zero attached hydrogens (tertiary/aromatic N) is 1. The predicted molar refractivity (Wildman–Crippen MR) is 69.9 cm³/mol. The Balaban J connectivity index is 1.58. The van der Waals surface area contributed by atoms with E-state index in [2.05, 4.69) is 35.5 Å². The van der Waals surface area contributed by atoms with Crippen LogP contribution < -0.4 is 15.0 Å². The summed E-state index contributed by atoms with van der Waals surface area (Å²) < 4.78 is 5.52. The second-order valence-corrected chi connectivity index (χ2v) is 5.04. The van der Waals surface area contributed by atoms with Gasteiger partial charge in [-0.15, -0.1) is 0 Å². The molecule has 1 aromatic carbocycles. The lowest BCUT2D eigenvalue weighted by atomic mass is 10.1. The van der Waals surface area contributed by atoms with Gasteiger partial charge in [-0.1, -0.05) is 0 Å². The summed E-state index contributed by atoms with van der Waals surface area (Å²) in [7, 11) is 2.16. The van der Waals surface area contributed by atoms with E-state index < -0.39 is 0 Å². The van der Waals surface area contributed by atoms with Crippen LogP contribution in [0, 0.1) is 0 Å². The molecule has 1 aliphatic heterocycles. The second kappa shape index (κ2) is 4.57. The highest BCUT2D eigenvalue weighted by atomic mass is 16.5. The van der Waals surface area contributed by atoms with Crippen LogP contribution in [0.1, 0.15) is 18.4 Å². The lowest BCUT2D eigenvalue weighted by Gasteiger charge is -2.20. The zero-order valence-electron chi connectivity index (χ0n) is 10.4. The summed E-state index contributed by atoms with van der Waals surface area (Å²) >= 11 is 0. The molecule has 0 spiro atoms. The molecule has 17 heavy (non-hydrogen) atoms. The summed E-state index contributed by atoms with van der Waals surface area (Å²) in [4.78, 5) is 2.31. The third-order valence-corrected chi connectivity index (χ3v) is 3.57. The van der Waals surface area contributed by atoms with Crippen molar-refractivity contribution >= 4 is 5.69 Å². The first-order chi connectivity index (χ1) is 8.33. The fourth-order valence-corrected chi connectivity index (χ4v) is 2.26. The summed E-state index contributed by atoms with van der Waals surface area (Å²) in [5, 5.41) is 3.54. The molecule has 1 heterocycles. The van der Waals surface area contributed by atoms with Crippen LogP contribution in [-0.4, -0.2) is 32.8 Å². The molecule has 0 atom stereocenters. The molecular weight excluding hydrogens is 212 g/mol. The van der Waals surface area contributed by atoms with E-state index in [1.165, 1.54) is 24.1 Å². The molecule has 0 radical (unpaired) electrons. The number of likely N-dealkylation sites (N-methyl/N-ethyl adjacent to an activating group) is 1. The van der Waals surface area contributed by atoms with Crippen molar-refractivity contribution in [2.24, 2.45) is 0 Å². The minimum absolute atomic E-state index is 0.803. The largest absolute Gasteiger partial charge is 0.493 e. The Morgan fingerprint density at radius 2 is 2.29 bits per heavy atom. The molecule has 0 bridgehead atoms. The molecule has 3 heteroatoms. The van der Waals surface area contributed by atoms with Gasteiger partial charge in [0.1, 0.15) is 5.75 Å². The standard InChI is InChI=1S/C14H20N2O/c1-16(8-7-15-12-2-3-12)13-4-5-14-11(10-13)6-9-17-14/h4-5,10,12,15H,2-3,6-9H2,1H3. The van der Waals surface area contributed by atoms with Gasteiger partial charge in [0.15, 0.2) is 0 Å². The lowest BCUT2D eigenvalue weighted by Crippen LogP contribution is -2.30. The van der Waals surface area contributed by atoms with Crippen molar-refractivity contribution in [3.05, 3.63) is 23.8 Å². The number of anilines is 1. The van der Waals surface area contributed by atoms with Crippen LogP contribution in [0.3, 0.4) is 0 Å². The molecule has 0 amide bonds. The van der Waals surface area contributed by atoms with Gasteiger partial charge >= 0.3 is 0 Å². The zero-order valence-corrected chi connectivity index (χ0v) is 10.4. The highest BCUT2D eigenvalue weighted by molar-refractivity contribution is 5.53. The van der Waals surface area contributed by atoms with E-state index in [9.17, 15) is 0 Å². The van der Waals surface area contributed by atoms with Crippen LogP contribution >= 0.6 is 0 Å². The Kier molecular flexibility index (Phi) is 2.93. The van der Waals surface area contributed by atoms with E-state index in [4.69, 9.17) is 4.74 Å². The first-order valence-electron chi connectivity index (χ1n) is 6.53. The van der Waals surface area contributed by atoms with Crippen molar-refractivity contribution in [1.82, 2.24) is 5.32 Å². The fraction of sp³-hybridized carbons (Fsp3) is 0.571. The topological polar surface area (TPSA) is 24.5 Å².